The molecule has 0 aliphatic carbocycles. The highest BCUT2D eigenvalue weighted by atomic mass is 19.1. The van der Waals surface area contributed by atoms with Crippen molar-refractivity contribution < 1.29 is 18.6 Å². The zero-order valence-electron chi connectivity index (χ0n) is 16.8. The van der Waals surface area contributed by atoms with E-state index in [2.05, 4.69) is 4.98 Å². The highest BCUT2D eigenvalue weighted by molar-refractivity contribution is 5.78. The van der Waals surface area contributed by atoms with E-state index in [-0.39, 0.29) is 12.4 Å². The van der Waals surface area contributed by atoms with Crippen molar-refractivity contribution in [3.63, 3.8) is 0 Å². The lowest BCUT2D eigenvalue weighted by molar-refractivity contribution is 0.279. The van der Waals surface area contributed by atoms with Gasteiger partial charge in [0, 0.05) is 11.6 Å². The van der Waals surface area contributed by atoms with Crippen molar-refractivity contribution in [2.75, 3.05) is 20.0 Å². The lowest BCUT2D eigenvalue weighted by atomic mass is 10.2. The zero-order chi connectivity index (χ0) is 21.1. The van der Waals surface area contributed by atoms with Crippen LogP contribution in [0.1, 0.15) is 11.1 Å². The van der Waals surface area contributed by atoms with Gasteiger partial charge in [0.05, 0.1) is 31.8 Å². The molecule has 0 saturated heterocycles. The van der Waals surface area contributed by atoms with E-state index >= 15 is 0 Å². The summed E-state index contributed by atoms with van der Waals surface area (Å²) in [6.45, 7) is 0.612. The standard InChI is InChI=1S/C23H22FN3O3/c1-28-17-9-8-16(18(24)12-17)14-30-21-10-7-15(11-22(21)29-2)13-27-20-6-4-3-5-19(20)26-23(27)25/h3-12H,13-14H2,1-2H3,(H2,25,26). The molecule has 0 bridgehead atoms. The van der Waals surface area contributed by atoms with Gasteiger partial charge in [0.15, 0.2) is 11.5 Å². The molecular weight excluding hydrogens is 385 g/mol. The quantitative estimate of drug-likeness (QED) is 0.492. The molecule has 0 radical (unpaired) electrons. The molecule has 0 fully saturated rings. The van der Waals surface area contributed by atoms with Gasteiger partial charge in [-0.3, -0.25) is 0 Å². The fourth-order valence-electron chi connectivity index (χ4n) is 3.30. The number of benzene rings is 3. The molecule has 0 unspecified atom stereocenters. The van der Waals surface area contributed by atoms with E-state index in [0.29, 0.717) is 35.3 Å². The number of anilines is 1. The Morgan fingerprint density at radius 2 is 1.80 bits per heavy atom. The maximum atomic E-state index is 14.2. The molecule has 0 aliphatic heterocycles. The van der Waals surface area contributed by atoms with Gasteiger partial charge in [0.25, 0.3) is 0 Å². The number of hydrogen-bond acceptors (Lipinski definition) is 5. The molecule has 2 N–H and O–H groups in total. The second kappa shape index (κ2) is 8.32. The Kier molecular flexibility index (Phi) is 5.43. The number of aromatic nitrogens is 2. The Hall–Kier alpha value is -3.74. The van der Waals surface area contributed by atoms with E-state index in [1.54, 1.807) is 19.2 Å². The van der Waals surface area contributed by atoms with Crippen LogP contribution < -0.4 is 19.9 Å². The Morgan fingerprint density at radius 1 is 0.967 bits per heavy atom. The van der Waals surface area contributed by atoms with E-state index in [9.17, 15) is 4.39 Å². The monoisotopic (exact) mass is 407 g/mol. The Bertz CT molecular complexity index is 1190. The first-order chi connectivity index (χ1) is 14.6. The van der Waals surface area contributed by atoms with E-state index in [1.807, 2.05) is 47.0 Å². The van der Waals surface area contributed by atoms with Crippen LogP contribution in [-0.2, 0) is 13.2 Å². The topological polar surface area (TPSA) is 71.5 Å². The maximum absolute atomic E-state index is 14.2. The van der Waals surface area contributed by atoms with Gasteiger partial charge < -0.3 is 24.5 Å². The van der Waals surface area contributed by atoms with Gasteiger partial charge in [-0.1, -0.05) is 18.2 Å². The molecule has 4 rings (SSSR count). The maximum Gasteiger partial charge on any atom is 0.201 e. The lowest BCUT2D eigenvalue weighted by Gasteiger charge is -2.14. The minimum atomic E-state index is -0.382. The van der Waals surface area contributed by atoms with Gasteiger partial charge in [0.2, 0.25) is 5.95 Å². The third-order valence-corrected chi connectivity index (χ3v) is 4.90. The molecule has 7 heteroatoms. The fourth-order valence-corrected chi connectivity index (χ4v) is 3.30. The number of nitrogens with zero attached hydrogens (tertiary/aromatic N) is 2. The predicted octanol–water partition coefficient (Wildman–Crippen LogP) is 4.40. The number of rotatable bonds is 7. The average molecular weight is 407 g/mol. The normalized spacial score (nSPS) is 10.9. The summed E-state index contributed by atoms with van der Waals surface area (Å²) in [6.07, 6.45) is 0. The molecule has 0 aliphatic rings. The van der Waals surface area contributed by atoms with Gasteiger partial charge in [-0.2, -0.15) is 0 Å². The molecule has 154 valence electrons. The van der Waals surface area contributed by atoms with Gasteiger partial charge in [-0.05, 0) is 42.0 Å². The van der Waals surface area contributed by atoms with Crippen LogP contribution in [0.2, 0.25) is 0 Å². The first-order valence-electron chi connectivity index (χ1n) is 9.42. The lowest BCUT2D eigenvalue weighted by Crippen LogP contribution is -2.05. The highest BCUT2D eigenvalue weighted by Gasteiger charge is 2.12. The molecule has 1 aromatic heterocycles. The summed E-state index contributed by atoms with van der Waals surface area (Å²) in [4.78, 5) is 4.39. The van der Waals surface area contributed by atoms with Crippen molar-refractivity contribution in [1.29, 1.82) is 0 Å². The molecule has 0 spiro atoms. The summed E-state index contributed by atoms with van der Waals surface area (Å²) in [7, 11) is 3.07. The highest BCUT2D eigenvalue weighted by Crippen LogP contribution is 2.30. The smallest absolute Gasteiger partial charge is 0.201 e. The third kappa shape index (κ3) is 3.87. The van der Waals surface area contributed by atoms with Crippen molar-refractivity contribution in [3.05, 3.63) is 77.6 Å². The largest absolute Gasteiger partial charge is 0.497 e. The number of methoxy groups -OCH3 is 2. The molecule has 30 heavy (non-hydrogen) atoms. The van der Waals surface area contributed by atoms with Crippen LogP contribution in [0.3, 0.4) is 0 Å². The molecule has 6 nitrogen and oxygen atoms in total. The van der Waals surface area contributed by atoms with Gasteiger partial charge in [0.1, 0.15) is 18.2 Å². The first-order valence-corrected chi connectivity index (χ1v) is 9.42. The minimum absolute atomic E-state index is 0.0740. The Labute approximate surface area is 173 Å². The van der Waals surface area contributed by atoms with E-state index in [1.165, 1.54) is 13.2 Å². The summed E-state index contributed by atoms with van der Waals surface area (Å²) < 4.78 is 32.4. The first kappa shape index (κ1) is 19.6. The Balaban J connectivity index is 1.53. The number of imidazole rings is 1. The molecule has 4 aromatic rings. The van der Waals surface area contributed by atoms with Crippen LogP contribution in [0.5, 0.6) is 17.2 Å². The van der Waals surface area contributed by atoms with Crippen molar-refractivity contribution >= 4 is 17.0 Å². The minimum Gasteiger partial charge on any atom is -0.497 e. The van der Waals surface area contributed by atoms with Gasteiger partial charge in [-0.15, -0.1) is 0 Å². The van der Waals surface area contributed by atoms with Crippen LogP contribution in [0.4, 0.5) is 10.3 Å². The SMILES string of the molecule is COc1ccc(COc2ccc(Cn3c(N)nc4ccccc43)cc2OC)c(F)c1. The fraction of sp³-hybridized carbons (Fsp3) is 0.174. The van der Waals surface area contributed by atoms with E-state index < -0.39 is 0 Å². The predicted molar refractivity (Wildman–Crippen MR) is 114 cm³/mol. The van der Waals surface area contributed by atoms with E-state index in [0.717, 1.165) is 16.6 Å². The molecular formula is C23H22FN3O3. The number of fused-ring (bicyclic) bond motifs is 1. The molecule has 0 atom stereocenters. The van der Waals surface area contributed by atoms with E-state index in [4.69, 9.17) is 19.9 Å². The number of para-hydroxylation sites is 2. The third-order valence-electron chi connectivity index (χ3n) is 4.90. The zero-order valence-corrected chi connectivity index (χ0v) is 16.8. The summed E-state index contributed by atoms with van der Waals surface area (Å²) in [5.74, 6) is 1.62. The number of nitrogen functional groups attached to an aromatic ring is 1. The number of ether oxygens (including phenoxy) is 3. The molecule has 3 aromatic carbocycles. The van der Waals surface area contributed by atoms with Crippen molar-refractivity contribution in [2.24, 2.45) is 0 Å². The number of nitrogens with two attached hydrogens (primary N) is 1. The van der Waals surface area contributed by atoms with Crippen molar-refractivity contribution in [1.82, 2.24) is 9.55 Å². The summed E-state index contributed by atoms with van der Waals surface area (Å²) in [5, 5.41) is 0. The van der Waals surface area contributed by atoms with Crippen LogP contribution in [0, 0.1) is 5.82 Å². The van der Waals surface area contributed by atoms with Crippen LogP contribution in [-0.4, -0.2) is 23.8 Å². The second-order valence-electron chi connectivity index (χ2n) is 6.78. The molecule has 1 heterocycles. The molecule has 0 amide bonds. The Morgan fingerprint density at radius 3 is 2.57 bits per heavy atom. The van der Waals surface area contributed by atoms with Gasteiger partial charge in [-0.25, -0.2) is 9.37 Å². The number of hydrogen-bond donors (Lipinski definition) is 1. The van der Waals surface area contributed by atoms with Crippen molar-refractivity contribution in [3.8, 4) is 17.2 Å². The molecule has 0 saturated carbocycles. The second-order valence-corrected chi connectivity index (χ2v) is 6.78. The van der Waals surface area contributed by atoms with Crippen LogP contribution in [0.15, 0.2) is 60.7 Å². The summed E-state index contributed by atoms with van der Waals surface area (Å²) in [5.41, 5.74) is 9.32. The van der Waals surface area contributed by atoms with Crippen LogP contribution in [0.25, 0.3) is 11.0 Å². The van der Waals surface area contributed by atoms with Crippen LogP contribution >= 0.6 is 0 Å². The summed E-state index contributed by atoms with van der Waals surface area (Å²) in [6, 6.07) is 18.1. The average Bonchev–Trinajstić information content (AvgIpc) is 3.08. The summed E-state index contributed by atoms with van der Waals surface area (Å²) >= 11 is 0. The van der Waals surface area contributed by atoms with Gasteiger partial charge >= 0.3 is 0 Å². The number of halogens is 1. The van der Waals surface area contributed by atoms with Crippen molar-refractivity contribution in [2.45, 2.75) is 13.2 Å².